The minimum atomic E-state index is 0.248. The van der Waals surface area contributed by atoms with Crippen molar-refractivity contribution in [2.75, 3.05) is 0 Å². The molecule has 0 spiro atoms. The molecule has 0 bridgehead atoms. The van der Waals surface area contributed by atoms with E-state index in [9.17, 15) is 0 Å². The zero-order chi connectivity index (χ0) is 10.8. The second kappa shape index (κ2) is 4.23. The molecular weight excluding hydrogens is 186 g/mol. The Morgan fingerprint density at radius 3 is 2.33 bits per heavy atom. The van der Waals surface area contributed by atoms with E-state index in [2.05, 4.69) is 36.5 Å². The van der Waals surface area contributed by atoms with Crippen LogP contribution in [0.5, 0.6) is 5.75 Å². The molecule has 15 heavy (non-hydrogen) atoms. The Hall–Kier alpha value is -1.02. The van der Waals surface area contributed by atoms with E-state index in [1.54, 1.807) is 0 Å². The van der Waals surface area contributed by atoms with Crippen molar-refractivity contribution >= 4 is 0 Å². The van der Waals surface area contributed by atoms with Crippen LogP contribution >= 0.6 is 0 Å². The smallest absolute Gasteiger partial charge is 0.119 e. The third kappa shape index (κ3) is 2.51. The summed E-state index contributed by atoms with van der Waals surface area (Å²) in [7, 11) is 0. The quantitative estimate of drug-likeness (QED) is 0.819. The molecule has 1 N–H and O–H groups in total. The normalized spacial score (nSPS) is 25.1. The van der Waals surface area contributed by atoms with Gasteiger partial charge in [0, 0.05) is 12.1 Å². The molecule has 1 fully saturated rings. The molecule has 0 aliphatic carbocycles. The van der Waals surface area contributed by atoms with Crippen molar-refractivity contribution in [1.29, 1.82) is 0 Å². The number of ether oxygens (including phenoxy) is 1. The molecule has 2 unspecified atom stereocenters. The maximum absolute atomic E-state index is 5.60. The van der Waals surface area contributed by atoms with E-state index in [1.165, 1.54) is 12.0 Å². The lowest BCUT2D eigenvalue weighted by molar-refractivity contribution is 0.242. The Kier molecular flexibility index (Phi) is 2.96. The summed E-state index contributed by atoms with van der Waals surface area (Å²) in [5, 5.41) is 3.48. The summed E-state index contributed by atoms with van der Waals surface area (Å²) in [6.45, 7) is 6.30. The fraction of sp³-hybridized carbons (Fsp3) is 0.538. The average Bonchev–Trinajstić information content (AvgIpc) is 2.14. The molecule has 2 rings (SSSR count). The van der Waals surface area contributed by atoms with Crippen LogP contribution < -0.4 is 10.1 Å². The van der Waals surface area contributed by atoms with Crippen molar-refractivity contribution in [2.24, 2.45) is 0 Å². The van der Waals surface area contributed by atoms with Gasteiger partial charge in [0.15, 0.2) is 0 Å². The highest BCUT2D eigenvalue weighted by Gasteiger charge is 2.25. The third-order valence-electron chi connectivity index (χ3n) is 2.73. The summed E-state index contributed by atoms with van der Waals surface area (Å²) >= 11 is 0. The van der Waals surface area contributed by atoms with E-state index in [1.807, 2.05) is 13.8 Å². The number of nitrogens with one attached hydrogen (secondary N) is 1. The van der Waals surface area contributed by atoms with E-state index < -0.39 is 0 Å². The predicted molar refractivity (Wildman–Crippen MR) is 62.2 cm³/mol. The SMILES string of the molecule is CC1CC(c2ccc(OC(C)C)cc2)N1. The molecule has 1 aliphatic heterocycles. The van der Waals surface area contributed by atoms with Crippen LogP contribution in [-0.2, 0) is 0 Å². The van der Waals surface area contributed by atoms with Gasteiger partial charge in [-0.1, -0.05) is 12.1 Å². The molecule has 0 saturated carbocycles. The van der Waals surface area contributed by atoms with Crippen LogP contribution in [0.1, 0.15) is 38.8 Å². The summed E-state index contributed by atoms with van der Waals surface area (Å²) < 4.78 is 5.60. The van der Waals surface area contributed by atoms with Crippen LogP contribution in [0.2, 0.25) is 0 Å². The van der Waals surface area contributed by atoms with Crippen molar-refractivity contribution < 1.29 is 4.74 Å². The van der Waals surface area contributed by atoms with Crippen LogP contribution in [0.3, 0.4) is 0 Å². The zero-order valence-electron chi connectivity index (χ0n) is 9.66. The monoisotopic (exact) mass is 205 g/mol. The van der Waals surface area contributed by atoms with Crippen LogP contribution in [0.15, 0.2) is 24.3 Å². The van der Waals surface area contributed by atoms with E-state index in [-0.39, 0.29) is 6.10 Å². The fourth-order valence-electron chi connectivity index (χ4n) is 1.96. The van der Waals surface area contributed by atoms with Crippen molar-refractivity contribution in [3.63, 3.8) is 0 Å². The Morgan fingerprint density at radius 2 is 1.87 bits per heavy atom. The summed E-state index contributed by atoms with van der Waals surface area (Å²) in [5.41, 5.74) is 1.37. The third-order valence-corrected chi connectivity index (χ3v) is 2.73. The molecule has 2 heteroatoms. The maximum atomic E-state index is 5.60. The Labute approximate surface area is 91.6 Å². The first kappa shape index (κ1) is 10.5. The standard InChI is InChI=1S/C13H19NO/c1-9(2)15-12-6-4-11(5-7-12)13-8-10(3)14-13/h4-7,9-10,13-14H,8H2,1-3H3. The van der Waals surface area contributed by atoms with Gasteiger partial charge in [-0.15, -0.1) is 0 Å². The van der Waals surface area contributed by atoms with Gasteiger partial charge in [-0.25, -0.2) is 0 Å². The van der Waals surface area contributed by atoms with Gasteiger partial charge in [0.2, 0.25) is 0 Å². The molecule has 0 aromatic heterocycles. The maximum Gasteiger partial charge on any atom is 0.119 e. The number of rotatable bonds is 3. The molecular formula is C13H19NO. The van der Waals surface area contributed by atoms with Crippen LogP contribution in [0, 0.1) is 0 Å². The Balaban J connectivity index is 1.98. The Bertz CT molecular complexity index is 312. The summed E-state index contributed by atoms with van der Waals surface area (Å²) in [6.07, 6.45) is 1.49. The Morgan fingerprint density at radius 1 is 1.27 bits per heavy atom. The van der Waals surface area contributed by atoms with Gasteiger partial charge in [-0.05, 0) is 44.9 Å². The molecule has 1 aromatic rings. The van der Waals surface area contributed by atoms with Crippen LogP contribution in [0.4, 0.5) is 0 Å². The van der Waals surface area contributed by atoms with Gasteiger partial charge in [-0.3, -0.25) is 0 Å². The lowest BCUT2D eigenvalue weighted by Crippen LogP contribution is -2.43. The van der Waals surface area contributed by atoms with Gasteiger partial charge >= 0.3 is 0 Å². The topological polar surface area (TPSA) is 21.3 Å². The fourth-order valence-corrected chi connectivity index (χ4v) is 1.96. The molecule has 1 saturated heterocycles. The van der Waals surface area contributed by atoms with E-state index in [0.717, 1.165) is 5.75 Å². The van der Waals surface area contributed by atoms with Gasteiger partial charge in [0.05, 0.1) is 6.10 Å². The summed E-state index contributed by atoms with van der Waals surface area (Å²) in [5.74, 6) is 0.959. The number of benzene rings is 1. The van der Waals surface area contributed by atoms with E-state index in [4.69, 9.17) is 4.74 Å². The van der Waals surface area contributed by atoms with Crippen LogP contribution in [0.25, 0.3) is 0 Å². The molecule has 2 atom stereocenters. The average molecular weight is 205 g/mol. The lowest BCUT2D eigenvalue weighted by Gasteiger charge is -2.35. The molecule has 0 radical (unpaired) electrons. The highest BCUT2D eigenvalue weighted by molar-refractivity contribution is 5.30. The minimum Gasteiger partial charge on any atom is -0.491 e. The van der Waals surface area contributed by atoms with E-state index in [0.29, 0.717) is 12.1 Å². The highest BCUT2D eigenvalue weighted by Crippen LogP contribution is 2.28. The number of hydrogen-bond acceptors (Lipinski definition) is 2. The number of hydrogen-bond donors (Lipinski definition) is 1. The van der Waals surface area contributed by atoms with Gasteiger partial charge in [-0.2, -0.15) is 0 Å². The molecule has 82 valence electrons. The second-order valence-electron chi connectivity index (χ2n) is 4.59. The van der Waals surface area contributed by atoms with Crippen LogP contribution in [-0.4, -0.2) is 12.1 Å². The molecule has 1 heterocycles. The first-order chi connectivity index (χ1) is 7.15. The van der Waals surface area contributed by atoms with Gasteiger partial charge < -0.3 is 10.1 Å². The largest absolute Gasteiger partial charge is 0.491 e. The predicted octanol–water partition coefficient (Wildman–Crippen LogP) is 2.90. The molecule has 1 aliphatic rings. The van der Waals surface area contributed by atoms with Crippen molar-refractivity contribution in [3.05, 3.63) is 29.8 Å². The molecule has 1 aromatic carbocycles. The summed E-state index contributed by atoms with van der Waals surface area (Å²) in [6, 6.07) is 9.64. The van der Waals surface area contributed by atoms with Gasteiger partial charge in [0.1, 0.15) is 5.75 Å². The van der Waals surface area contributed by atoms with Crippen molar-refractivity contribution in [1.82, 2.24) is 5.32 Å². The van der Waals surface area contributed by atoms with E-state index >= 15 is 0 Å². The summed E-state index contributed by atoms with van der Waals surface area (Å²) in [4.78, 5) is 0. The van der Waals surface area contributed by atoms with Gasteiger partial charge in [0.25, 0.3) is 0 Å². The van der Waals surface area contributed by atoms with Crippen molar-refractivity contribution in [3.8, 4) is 5.75 Å². The van der Waals surface area contributed by atoms with Crippen molar-refractivity contribution in [2.45, 2.75) is 45.4 Å². The highest BCUT2D eigenvalue weighted by atomic mass is 16.5. The molecule has 0 amide bonds. The minimum absolute atomic E-state index is 0.248. The first-order valence-electron chi connectivity index (χ1n) is 5.68. The second-order valence-corrected chi connectivity index (χ2v) is 4.59. The zero-order valence-corrected chi connectivity index (χ0v) is 9.66. The first-order valence-corrected chi connectivity index (χ1v) is 5.68. The molecule has 2 nitrogen and oxygen atoms in total. The lowest BCUT2D eigenvalue weighted by atomic mass is 9.92.